The summed E-state index contributed by atoms with van der Waals surface area (Å²) < 4.78 is 26.3. The molecule has 0 aliphatic heterocycles. The molecule has 2 aromatic carbocycles. The molecule has 0 spiro atoms. The Kier molecular flexibility index (Phi) is 12.1. The van der Waals surface area contributed by atoms with Crippen molar-refractivity contribution in [2.75, 3.05) is 23.7 Å². The number of anilines is 1. The highest BCUT2D eigenvalue weighted by Crippen LogP contribution is 2.36. The zero-order valence-corrected chi connectivity index (χ0v) is 25.1. The Morgan fingerprint density at radius 3 is 2.16 bits per heavy atom. The number of hydrogen-bond acceptors (Lipinski definition) is 4. The molecule has 0 radical (unpaired) electrons. The van der Waals surface area contributed by atoms with Gasteiger partial charge in [-0.15, -0.1) is 0 Å². The first kappa shape index (κ1) is 31.8. The number of halogens is 5. The molecule has 204 valence electrons. The second kappa shape index (κ2) is 14.1. The van der Waals surface area contributed by atoms with Crippen LogP contribution < -0.4 is 9.62 Å². The van der Waals surface area contributed by atoms with Crippen LogP contribution in [-0.4, -0.2) is 50.5 Å². The van der Waals surface area contributed by atoms with Crippen LogP contribution in [-0.2, 0) is 26.2 Å². The van der Waals surface area contributed by atoms with E-state index < -0.39 is 28.5 Å². The molecule has 2 amide bonds. The lowest BCUT2D eigenvalue weighted by Crippen LogP contribution is -2.52. The van der Waals surface area contributed by atoms with Gasteiger partial charge in [-0.2, -0.15) is 0 Å². The third-order valence-corrected chi connectivity index (χ3v) is 8.25. The molecule has 2 rings (SSSR count). The summed E-state index contributed by atoms with van der Waals surface area (Å²) in [5, 5.41) is 3.74. The summed E-state index contributed by atoms with van der Waals surface area (Å²) >= 11 is 30.8. The lowest BCUT2D eigenvalue weighted by atomic mass is 10.1. The Hall–Kier alpha value is -1.42. The van der Waals surface area contributed by atoms with Gasteiger partial charge in [0.25, 0.3) is 0 Å². The van der Waals surface area contributed by atoms with Gasteiger partial charge in [0.05, 0.1) is 27.0 Å². The fourth-order valence-corrected chi connectivity index (χ4v) is 5.57. The van der Waals surface area contributed by atoms with Gasteiger partial charge in [-0.3, -0.25) is 13.9 Å². The molecular weight excluding hydrogens is 604 g/mol. The highest BCUT2D eigenvalue weighted by atomic mass is 35.5. The molecule has 0 bridgehead atoms. The number of amides is 2. The number of rotatable bonds is 12. The summed E-state index contributed by atoms with van der Waals surface area (Å²) in [4.78, 5) is 28.1. The lowest BCUT2D eigenvalue weighted by molar-refractivity contribution is -0.140. The summed E-state index contributed by atoms with van der Waals surface area (Å²) in [6.07, 6.45) is 2.88. The van der Waals surface area contributed by atoms with Crippen LogP contribution in [0.4, 0.5) is 5.69 Å². The fourth-order valence-electron chi connectivity index (χ4n) is 3.56. The van der Waals surface area contributed by atoms with Crippen molar-refractivity contribution in [3.63, 3.8) is 0 Å². The van der Waals surface area contributed by atoms with E-state index in [2.05, 4.69) is 5.32 Å². The SMILES string of the molecule is CCCCNC(=O)C(CC)N(Cc1ccc(Cl)cc1Cl)C(=O)CN(c1cc(Cl)c(Cl)cc1Cl)S(C)(=O)=O. The molecule has 7 nitrogen and oxygen atoms in total. The first-order chi connectivity index (χ1) is 17.3. The van der Waals surface area contributed by atoms with Gasteiger partial charge >= 0.3 is 0 Å². The topological polar surface area (TPSA) is 86.8 Å². The molecule has 0 fully saturated rings. The van der Waals surface area contributed by atoms with Crippen LogP contribution in [0.15, 0.2) is 30.3 Å². The lowest BCUT2D eigenvalue weighted by Gasteiger charge is -2.33. The van der Waals surface area contributed by atoms with Crippen molar-refractivity contribution in [3.05, 3.63) is 61.0 Å². The van der Waals surface area contributed by atoms with Crippen LogP contribution in [0.5, 0.6) is 0 Å². The molecule has 37 heavy (non-hydrogen) atoms. The quantitative estimate of drug-likeness (QED) is 0.216. The zero-order chi connectivity index (χ0) is 27.9. The van der Waals surface area contributed by atoms with Gasteiger partial charge in [0, 0.05) is 23.1 Å². The third-order valence-electron chi connectivity index (χ3n) is 5.51. The molecule has 1 atom stereocenters. The Balaban J connectivity index is 2.51. The second-order valence-corrected chi connectivity index (χ2v) is 12.3. The molecule has 0 saturated carbocycles. The normalized spacial score (nSPS) is 12.2. The van der Waals surface area contributed by atoms with Gasteiger partial charge < -0.3 is 10.2 Å². The largest absolute Gasteiger partial charge is 0.354 e. The van der Waals surface area contributed by atoms with Crippen LogP contribution in [0, 0.1) is 0 Å². The summed E-state index contributed by atoms with van der Waals surface area (Å²) in [6, 6.07) is 6.48. The second-order valence-electron chi connectivity index (χ2n) is 8.31. The first-order valence-electron chi connectivity index (χ1n) is 11.4. The van der Waals surface area contributed by atoms with E-state index in [0.717, 1.165) is 23.4 Å². The summed E-state index contributed by atoms with van der Waals surface area (Å²) in [5.41, 5.74) is 0.523. The molecule has 1 unspecified atom stereocenters. The van der Waals surface area contributed by atoms with E-state index >= 15 is 0 Å². The molecule has 0 aliphatic carbocycles. The number of hydrogen-bond donors (Lipinski definition) is 1. The smallest absolute Gasteiger partial charge is 0.244 e. The average molecular weight is 632 g/mol. The maximum atomic E-state index is 13.7. The highest BCUT2D eigenvalue weighted by Gasteiger charge is 2.32. The van der Waals surface area contributed by atoms with Crippen LogP contribution in [0.2, 0.25) is 25.1 Å². The molecule has 13 heteroatoms. The van der Waals surface area contributed by atoms with Crippen molar-refractivity contribution in [1.29, 1.82) is 0 Å². The van der Waals surface area contributed by atoms with E-state index in [1.54, 1.807) is 19.1 Å². The summed E-state index contributed by atoms with van der Waals surface area (Å²) in [7, 11) is -4.00. The minimum absolute atomic E-state index is 0.00993. The van der Waals surface area contributed by atoms with Crippen molar-refractivity contribution in [1.82, 2.24) is 10.2 Å². The fraction of sp³-hybridized carbons (Fsp3) is 0.417. The maximum absolute atomic E-state index is 13.7. The Morgan fingerprint density at radius 1 is 0.946 bits per heavy atom. The zero-order valence-electron chi connectivity index (χ0n) is 20.5. The van der Waals surface area contributed by atoms with E-state index in [1.807, 2.05) is 6.92 Å². The number of carbonyl (C=O) groups excluding carboxylic acids is 2. The number of sulfonamides is 1. The Morgan fingerprint density at radius 2 is 1.59 bits per heavy atom. The highest BCUT2D eigenvalue weighted by molar-refractivity contribution is 7.92. The molecule has 0 heterocycles. The van der Waals surface area contributed by atoms with Gasteiger partial charge in [-0.05, 0) is 42.7 Å². The molecule has 0 saturated heterocycles. The number of nitrogens with zero attached hydrogens (tertiary/aromatic N) is 2. The van der Waals surface area contributed by atoms with E-state index in [9.17, 15) is 18.0 Å². The third kappa shape index (κ3) is 8.80. The number of benzene rings is 2. The molecule has 2 aromatic rings. The van der Waals surface area contributed by atoms with Crippen LogP contribution in [0.3, 0.4) is 0 Å². The van der Waals surface area contributed by atoms with Crippen molar-refractivity contribution in [2.45, 2.75) is 45.7 Å². The minimum atomic E-state index is -4.00. The predicted molar refractivity (Wildman–Crippen MR) is 153 cm³/mol. The van der Waals surface area contributed by atoms with Gasteiger partial charge in [-0.25, -0.2) is 8.42 Å². The first-order valence-corrected chi connectivity index (χ1v) is 15.2. The van der Waals surface area contributed by atoms with Gasteiger partial charge in [0.2, 0.25) is 21.8 Å². The van der Waals surface area contributed by atoms with Crippen molar-refractivity contribution in [3.8, 4) is 0 Å². The molecule has 0 aromatic heterocycles. The maximum Gasteiger partial charge on any atom is 0.244 e. The number of carbonyl (C=O) groups is 2. The predicted octanol–water partition coefficient (Wildman–Crippen LogP) is 6.44. The van der Waals surface area contributed by atoms with Crippen LogP contribution in [0.1, 0.15) is 38.7 Å². The summed E-state index contributed by atoms with van der Waals surface area (Å²) in [6.45, 7) is 3.51. The van der Waals surface area contributed by atoms with Gasteiger partial charge in [0.15, 0.2) is 0 Å². The van der Waals surface area contributed by atoms with Crippen molar-refractivity contribution >= 4 is 85.5 Å². The van der Waals surface area contributed by atoms with Crippen LogP contribution in [0.25, 0.3) is 0 Å². The molecular formula is C24H28Cl5N3O4S. The average Bonchev–Trinajstić information content (AvgIpc) is 2.80. The van der Waals surface area contributed by atoms with Gasteiger partial charge in [-0.1, -0.05) is 84.3 Å². The van der Waals surface area contributed by atoms with E-state index in [4.69, 9.17) is 58.0 Å². The standard InChI is InChI=1S/C24H28Cl5N3O4S/c1-4-6-9-30-24(34)21(5-2)31(13-15-7-8-16(25)10-17(15)26)23(33)14-32(37(3,35)36)22-12-19(28)18(27)11-20(22)29/h7-8,10-12,21H,4-6,9,13-14H2,1-3H3,(H,30,34). The minimum Gasteiger partial charge on any atom is -0.354 e. The van der Waals surface area contributed by atoms with Crippen LogP contribution >= 0.6 is 58.0 Å². The molecule has 1 N–H and O–H groups in total. The van der Waals surface area contributed by atoms with E-state index in [0.29, 0.717) is 22.2 Å². The Labute approximate surface area is 243 Å². The monoisotopic (exact) mass is 629 g/mol. The van der Waals surface area contributed by atoms with E-state index in [1.165, 1.54) is 23.1 Å². The number of nitrogens with one attached hydrogen (secondary N) is 1. The Bertz CT molecular complexity index is 1240. The van der Waals surface area contributed by atoms with E-state index in [-0.39, 0.29) is 39.6 Å². The van der Waals surface area contributed by atoms with Crippen molar-refractivity contribution in [2.24, 2.45) is 0 Å². The summed E-state index contributed by atoms with van der Waals surface area (Å²) in [5.74, 6) is -0.996. The number of unbranched alkanes of at least 4 members (excludes halogenated alkanes) is 1. The molecule has 0 aliphatic rings. The van der Waals surface area contributed by atoms with Gasteiger partial charge in [0.1, 0.15) is 12.6 Å². The van der Waals surface area contributed by atoms with Crippen molar-refractivity contribution < 1.29 is 18.0 Å².